The Morgan fingerprint density at radius 1 is 0.893 bits per heavy atom. The van der Waals surface area contributed by atoms with Crippen LogP contribution in [-0.4, -0.2) is 45.0 Å². The van der Waals surface area contributed by atoms with Crippen LogP contribution >= 0.6 is 0 Å². The zero-order valence-corrected chi connectivity index (χ0v) is 16.0. The highest BCUT2D eigenvalue weighted by Gasteiger charge is 2.40. The molecule has 10 nitrogen and oxygen atoms in total. The van der Waals surface area contributed by atoms with Crippen molar-refractivity contribution in [2.45, 2.75) is 26.2 Å². The lowest BCUT2D eigenvalue weighted by atomic mass is 10.0. The summed E-state index contributed by atoms with van der Waals surface area (Å²) in [4.78, 5) is 36.5. The van der Waals surface area contributed by atoms with E-state index in [0.717, 1.165) is 6.20 Å². The van der Waals surface area contributed by atoms with E-state index in [1.807, 2.05) is 0 Å². The molecule has 2 heterocycles. The maximum Gasteiger partial charge on any atom is 0.350 e. The van der Waals surface area contributed by atoms with E-state index in [1.165, 1.54) is 35.2 Å². The Kier molecular flexibility index (Phi) is 4.80. The summed E-state index contributed by atoms with van der Waals surface area (Å²) < 4.78 is 31.3. The van der Waals surface area contributed by atoms with Crippen LogP contribution in [0.1, 0.15) is 29.8 Å². The number of nitrogens with one attached hydrogen (secondary N) is 1. The number of carbonyl (C=O) groups is 3. The Morgan fingerprint density at radius 2 is 1.46 bits per heavy atom. The summed E-state index contributed by atoms with van der Waals surface area (Å²) in [7, 11) is 4.20. The second-order valence-corrected chi connectivity index (χ2v) is 6.29. The van der Waals surface area contributed by atoms with E-state index in [4.69, 9.17) is 28.4 Å². The molecule has 2 aliphatic rings. The molecule has 1 N–H and O–H groups in total. The van der Waals surface area contributed by atoms with E-state index < -0.39 is 23.7 Å². The second kappa shape index (κ2) is 6.95. The minimum atomic E-state index is -1.36. The van der Waals surface area contributed by atoms with Crippen molar-refractivity contribution in [3.8, 4) is 17.2 Å². The van der Waals surface area contributed by atoms with Crippen LogP contribution in [0, 0.1) is 0 Å². The van der Waals surface area contributed by atoms with Crippen LogP contribution in [0.3, 0.4) is 0 Å². The Balaban J connectivity index is 2.10. The number of cyclic esters (lactones) is 3. The molecule has 0 saturated carbocycles. The van der Waals surface area contributed by atoms with Crippen LogP contribution in [0.4, 0.5) is 5.69 Å². The molecular weight excluding hydrogens is 374 g/mol. The zero-order chi connectivity index (χ0) is 20.6. The summed E-state index contributed by atoms with van der Waals surface area (Å²) >= 11 is 0. The lowest BCUT2D eigenvalue weighted by Gasteiger charge is -2.29. The quantitative estimate of drug-likeness (QED) is 0.448. The van der Waals surface area contributed by atoms with Gasteiger partial charge < -0.3 is 33.7 Å². The SMILES string of the molecule is COc1c2c(c(NC=C3C(=O)OC(C)(C)OC3=O)c(OC)c1OC)C(=O)OC2. The normalized spacial score (nSPS) is 17.2. The average Bonchev–Trinajstić information content (AvgIpc) is 3.00. The Labute approximate surface area is 160 Å². The number of fused-ring (bicyclic) bond motifs is 1. The molecule has 0 amide bonds. The Hall–Kier alpha value is -3.43. The summed E-state index contributed by atoms with van der Waals surface area (Å²) in [5, 5.41) is 2.75. The van der Waals surface area contributed by atoms with Crippen molar-refractivity contribution >= 4 is 23.6 Å². The largest absolute Gasteiger partial charge is 0.492 e. The first-order chi connectivity index (χ1) is 13.2. The van der Waals surface area contributed by atoms with Gasteiger partial charge in [0.25, 0.3) is 5.79 Å². The lowest BCUT2D eigenvalue weighted by molar-refractivity contribution is -0.222. The number of anilines is 1. The standard InChI is InChI=1S/C18H19NO9/c1-18(2)27-15(20)8(16(21)28-18)6-19-11-10-9(7-26-17(10)22)12(23-3)14(25-5)13(11)24-4/h6,19H,7H2,1-5H3. The predicted molar refractivity (Wildman–Crippen MR) is 93.2 cm³/mol. The summed E-state index contributed by atoms with van der Waals surface area (Å²) in [6, 6.07) is 0. The van der Waals surface area contributed by atoms with Gasteiger partial charge in [0.1, 0.15) is 12.3 Å². The van der Waals surface area contributed by atoms with Crippen LogP contribution in [0.2, 0.25) is 0 Å². The highest BCUT2D eigenvalue weighted by molar-refractivity contribution is 6.15. The molecule has 0 unspecified atom stereocenters. The third kappa shape index (κ3) is 3.06. The number of benzene rings is 1. The van der Waals surface area contributed by atoms with Crippen LogP contribution in [0.25, 0.3) is 0 Å². The van der Waals surface area contributed by atoms with Gasteiger partial charge >= 0.3 is 17.9 Å². The third-order valence-corrected chi connectivity index (χ3v) is 4.11. The van der Waals surface area contributed by atoms with Gasteiger partial charge in [0.15, 0.2) is 17.1 Å². The van der Waals surface area contributed by atoms with Crippen molar-refractivity contribution in [2.75, 3.05) is 26.6 Å². The maximum absolute atomic E-state index is 12.3. The van der Waals surface area contributed by atoms with Crippen LogP contribution in [-0.2, 0) is 30.4 Å². The minimum absolute atomic E-state index is 0.0266. The van der Waals surface area contributed by atoms with Gasteiger partial charge in [0.2, 0.25) is 5.75 Å². The Bertz CT molecular complexity index is 879. The highest BCUT2D eigenvalue weighted by Crippen LogP contribution is 2.50. The van der Waals surface area contributed by atoms with E-state index in [1.54, 1.807) is 0 Å². The number of hydrogen-bond donors (Lipinski definition) is 1. The smallest absolute Gasteiger partial charge is 0.350 e. The molecule has 0 bridgehead atoms. The fourth-order valence-electron chi connectivity index (χ4n) is 2.96. The molecule has 1 saturated heterocycles. The van der Waals surface area contributed by atoms with Crippen LogP contribution in [0.15, 0.2) is 11.8 Å². The van der Waals surface area contributed by atoms with Crippen LogP contribution in [0.5, 0.6) is 17.2 Å². The summed E-state index contributed by atoms with van der Waals surface area (Å²) in [6.07, 6.45) is 1.08. The van der Waals surface area contributed by atoms with Gasteiger partial charge in [-0.25, -0.2) is 14.4 Å². The van der Waals surface area contributed by atoms with Gasteiger partial charge in [0.05, 0.1) is 32.5 Å². The fourth-order valence-corrected chi connectivity index (χ4v) is 2.96. The maximum atomic E-state index is 12.3. The second-order valence-electron chi connectivity index (χ2n) is 6.29. The number of carbonyl (C=O) groups excluding carboxylic acids is 3. The number of methoxy groups -OCH3 is 3. The van der Waals surface area contributed by atoms with Gasteiger partial charge in [-0.3, -0.25) is 0 Å². The van der Waals surface area contributed by atoms with Crippen molar-refractivity contribution in [1.29, 1.82) is 0 Å². The van der Waals surface area contributed by atoms with E-state index in [9.17, 15) is 14.4 Å². The molecule has 1 fully saturated rings. The summed E-state index contributed by atoms with van der Waals surface area (Å²) in [6.45, 7) is 2.85. The molecule has 1 aromatic rings. The van der Waals surface area contributed by atoms with E-state index >= 15 is 0 Å². The van der Waals surface area contributed by atoms with Gasteiger partial charge in [-0.05, 0) is 0 Å². The molecule has 2 aliphatic heterocycles. The number of hydrogen-bond acceptors (Lipinski definition) is 10. The molecule has 3 rings (SSSR count). The molecule has 0 aliphatic carbocycles. The first-order valence-electron chi connectivity index (χ1n) is 8.19. The van der Waals surface area contributed by atoms with E-state index in [2.05, 4.69) is 5.32 Å². The monoisotopic (exact) mass is 393 g/mol. The summed E-state index contributed by atoms with van der Waals surface area (Å²) in [5.74, 6) is -3.08. The van der Waals surface area contributed by atoms with Crippen LogP contribution < -0.4 is 19.5 Å². The van der Waals surface area contributed by atoms with Gasteiger partial charge in [-0.15, -0.1) is 0 Å². The average molecular weight is 393 g/mol. The summed E-state index contributed by atoms with van der Waals surface area (Å²) in [5.41, 5.74) is 0.358. The Morgan fingerprint density at radius 3 is 2.00 bits per heavy atom. The molecule has 0 radical (unpaired) electrons. The van der Waals surface area contributed by atoms with Gasteiger partial charge in [-0.2, -0.15) is 0 Å². The molecule has 10 heteroatoms. The molecule has 0 spiro atoms. The van der Waals surface area contributed by atoms with Crippen molar-refractivity contribution in [3.63, 3.8) is 0 Å². The number of ether oxygens (including phenoxy) is 6. The number of rotatable bonds is 5. The molecule has 150 valence electrons. The molecule has 28 heavy (non-hydrogen) atoms. The first-order valence-corrected chi connectivity index (χ1v) is 8.19. The first kappa shape index (κ1) is 19.3. The third-order valence-electron chi connectivity index (χ3n) is 4.11. The number of esters is 3. The molecular formula is C18H19NO9. The van der Waals surface area contributed by atoms with E-state index in [-0.39, 0.29) is 40.7 Å². The topological polar surface area (TPSA) is 119 Å². The van der Waals surface area contributed by atoms with Gasteiger partial charge in [0, 0.05) is 20.0 Å². The van der Waals surface area contributed by atoms with Crippen molar-refractivity contribution in [3.05, 3.63) is 22.9 Å². The highest BCUT2D eigenvalue weighted by atomic mass is 16.7. The predicted octanol–water partition coefficient (Wildman–Crippen LogP) is 1.51. The van der Waals surface area contributed by atoms with Gasteiger partial charge in [-0.1, -0.05) is 0 Å². The van der Waals surface area contributed by atoms with Crippen molar-refractivity contribution in [2.24, 2.45) is 0 Å². The fraction of sp³-hybridized carbons (Fsp3) is 0.389. The minimum Gasteiger partial charge on any atom is -0.492 e. The molecule has 1 aromatic carbocycles. The van der Waals surface area contributed by atoms with Crippen molar-refractivity contribution < 1.29 is 42.8 Å². The van der Waals surface area contributed by atoms with E-state index in [0.29, 0.717) is 5.56 Å². The molecule has 0 aromatic heterocycles. The zero-order valence-electron chi connectivity index (χ0n) is 16.0. The van der Waals surface area contributed by atoms with Crippen molar-refractivity contribution in [1.82, 2.24) is 0 Å². The lowest BCUT2D eigenvalue weighted by Crippen LogP contribution is -2.42. The molecule has 0 atom stereocenters.